The van der Waals surface area contributed by atoms with E-state index in [-0.39, 0.29) is 4.90 Å². The maximum Gasteiger partial charge on any atom is 0.243 e. The van der Waals surface area contributed by atoms with Crippen molar-refractivity contribution in [1.29, 1.82) is 0 Å². The molecule has 5 heteroatoms. The monoisotopic (exact) mass is 268 g/mol. The molecule has 1 aromatic carbocycles. The summed E-state index contributed by atoms with van der Waals surface area (Å²) in [7, 11) is -3.47. The average molecular weight is 268 g/mol. The first kappa shape index (κ1) is 14.7. The van der Waals surface area contributed by atoms with Gasteiger partial charge in [0.05, 0.1) is 4.90 Å². The number of rotatable bonds is 5. The molecule has 0 saturated heterocycles. The number of likely N-dealkylation sites (N-methyl/N-ethyl adjacent to an activating group) is 1. The Balaban J connectivity index is 3.18. The predicted octanol–water partition coefficient (Wildman–Crippen LogP) is 2.16. The largest absolute Gasteiger partial charge is 0.399 e. The molecule has 0 saturated carbocycles. The highest BCUT2D eigenvalue weighted by Gasteiger charge is 2.23. The molecule has 100 valence electrons. The molecule has 0 fully saturated rings. The van der Waals surface area contributed by atoms with Gasteiger partial charge in [-0.05, 0) is 37.6 Å². The Kier molecular flexibility index (Phi) is 4.53. The van der Waals surface area contributed by atoms with Crippen LogP contribution in [0.1, 0.15) is 19.4 Å². The standard InChI is InChI=1S/C13H20N2O2S/c1-5-15(9-10(2)3)18(16,17)12-6-7-13(14)11(4)8-12/h6-8H,2,5,9,14H2,1,3-4H3. The van der Waals surface area contributed by atoms with E-state index < -0.39 is 10.0 Å². The van der Waals surface area contributed by atoms with Gasteiger partial charge in [0.25, 0.3) is 0 Å². The summed E-state index contributed by atoms with van der Waals surface area (Å²) >= 11 is 0. The van der Waals surface area contributed by atoms with E-state index in [1.165, 1.54) is 4.31 Å². The smallest absolute Gasteiger partial charge is 0.243 e. The van der Waals surface area contributed by atoms with Gasteiger partial charge in [0.2, 0.25) is 10.0 Å². The zero-order valence-electron chi connectivity index (χ0n) is 11.1. The lowest BCUT2D eigenvalue weighted by Crippen LogP contribution is -2.32. The van der Waals surface area contributed by atoms with E-state index in [9.17, 15) is 8.42 Å². The molecule has 0 aliphatic carbocycles. The van der Waals surface area contributed by atoms with Crippen molar-refractivity contribution in [2.24, 2.45) is 0 Å². The molecule has 4 nitrogen and oxygen atoms in total. The summed E-state index contributed by atoms with van der Waals surface area (Å²) in [6.07, 6.45) is 0. The summed E-state index contributed by atoms with van der Waals surface area (Å²) in [6, 6.07) is 4.77. The number of nitrogens with zero attached hydrogens (tertiary/aromatic N) is 1. The number of hydrogen-bond acceptors (Lipinski definition) is 3. The van der Waals surface area contributed by atoms with Crippen molar-refractivity contribution in [2.45, 2.75) is 25.7 Å². The number of sulfonamides is 1. The Hall–Kier alpha value is -1.33. The van der Waals surface area contributed by atoms with Crippen molar-refractivity contribution in [1.82, 2.24) is 4.31 Å². The maximum atomic E-state index is 12.4. The van der Waals surface area contributed by atoms with Crippen LogP contribution in [0.3, 0.4) is 0 Å². The molecule has 0 aliphatic heterocycles. The first-order valence-electron chi connectivity index (χ1n) is 5.79. The van der Waals surface area contributed by atoms with E-state index in [1.54, 1.807) is 25.1 Å². The van der Waals surface area contributed by atoms with Gasteiger partial charge in [0, 0.05) is 18.8 Å². The van der Waals surface area contributed by atoms with Crippen LogP contribution in [0.4, 0.5) is 5.69 Å². The lowest BCUT2D eigenvalue weighted by atomic mass is 10.2. The van der Waals surface area contributed by atoms with Crippen LogP contribution in [0.15, 0.2) is 35.2 Å². The molecule has 0 radical (unpaired) electrons. The number of nitrogens with two attached hydrogens (primary N) is 1. The third-order valence-electron chi connectivity index (χ3n) is 2.68. The lowest BCUT2D eigenvalue weighted by Gasteiger charge is -2.21. The molecule has 18 heavy (non-hydrogen) atoms. The Morgan fingerprint density at radius 1 is 1.44 bits per heavy atom. The number of aryl methyl sites for hydroxylation is 1. The van der Waals surface area contributed by atoms with E-state index >= 15 is 0 Å². The third-order valence-corrected chi connectivity index (χ3v) is 4.59. The Labute approximate surface area is 109 Å². The fraction of sp³-hybridized carbons (Fsp3) is 0.385. The number of hydrogen-bond donors (Lipinski definition) is 1. The van der Waals surface area contributed by atoms with Gasteiger partial charge in [-0.3, -0.25) is 0 Å². The highest BCUT2D eigenvalue weighted by Crippen LogP contribution is 2.20. The summed E-state index contributed by atoms with van der Waals surface area (Å²) < 4.78 is 26.2. The lowest BCUT2D eigenvalue weighted by molar-refractivity contribution is 0.453. The molecule has 0 unspecified atom stereocenters. The van der Waals surface area contributed by atoms with Crippen LogP contribution in [-0.2, 0) is 10.0 Å². The van der Waals surface area contributed by atoms with Crippen molar-refractivity contribution in [3.05, 3.63) is 35.9 Å². The third kappa shape index (κ3) is 3.11. The van der Waals surface area contributed by atoms with Gasteiger partial charge in [0.1, 0.15) is 0 Å². The molecular weight excluding hydrogens is 248 g/mol. The molecule has 0 aliphatic rings. The highest BCUT2D eigenvalue weighted by molar-refractivity contribution is 7.89. The fourth-order valence-electron chi connectivity index (χ4n) is 1.63. The molecule has 2 N–H and O–H groups in total. The Morgan fingerprint density at radius 2 is 2.06 bits per heavy atom. The van der Waals surface area contributed by atoms with E-state index in [0.717, 1.165) is 11.1 Å². The second kappa shape index (κ2) is 5.54. The SMILES string of the molecule is C=C(C)CN(CC)S(=O)(=O)c1ccc(N)c(C)c1. The van der Waals surface area contributed by atoms with Crippen LogP contribution in [0.2, 0.25) is 0 Å². The first-order chi connectivity index (χ1) is 8.28. The van der Waals surface area contributed by atoms with Gasteiger partial charge in [-0.15, -0.1) is 0 Å². The quantitative estimate of drug-likeness (QED) is 0.657. The van der Waals surface area contributed by atoms with Crippen LogP contribution in [-0.4, -0.2) is 25.8 Å². The van der Waals surface area contributed by atoms with Crippen LogP contribution in [0.5, 0.6) is 0 Å². The molecule has 0 bridgehead atoms. The zero-order chi connectivity index (χ0) is 13.9. The van der Waals surface area contributed by atoms with Gasteiger partial charge in [-0.1, -0.05) is 19.1 Å². The second-order valence-electron chi connectivity index (χ2n) is 4.41. The molecular formula is C13H20N2O2S. The number of nitrogen functional groups attached to an aromatic ring is 1. The maximum absolute atomic E-state index is 12.4. The minimum absolute atomic E-state index is 0.275. The van der Waals surface area contributed by atoms with Crippen LogP contribution >= 0.6 is 0 Å². The van der Waals surface area contributed by atoms with E-state index in [0.29, 0.717) is 18.8 Å². The molecule has 1 rings (SSSR count). The highest BCUT2D eigenvalue weighted by atomic mass is 32.2. The van der Waals surface area contributed by atoms with Crippen LogP contribution in [0.25, 0.3) is 0 Å². The van der Waals surface area contributed by atoms with Crippen molar-refractivity contribution in [3.8, 4) is 0 Å². The van der Waals surface area contributed by atoms with E-state index in [2.05, 4.69) is 6.58 Å². The first-order valence-corrected chi connectivity index (χ1v) is 7.23. The normalized spacial score (nSPS) is 11.8. The molecule has 0 amide bonds. The minimum atomic E-state index is -3.47. The van der Waals surface area contributed by atoms with E-state index in [1.807, 2.05) is 13.8 Å². The summed E-state index contributed by atoms with van der Waals surface area (Å²) in [4.78, 5) is 0.275. The molecule has 0 aromatic heterocycles. The molecule has 0 atom stereocenters. The molecule has 1 aromatic rings. The van der Waals surface area contributed by atoms with Crippen molar-refractivity contribution >= 4 is 15.7 Å². The Bertz CT molecular complexity index is 550. The van der Waals surface area contributed by atoms with Gasteiger partial charge in [0.15, 0.2) is 0 Å². The summed E-state index contributed by atoms with van der Waals surface area (Å²) in [5.41, 5.74) is 7.87. The van der Waals surface area contributed by atoms with Crippen molar-refractivity contribution in [3.63, 3.8) is 0 Å². The summed E-state index contributed by atoms with van der Waals surface area (Å²) in [5.74, 6) is 0. The Morgan fingerprint density at radius 3 is 2.50 bits per heavy atom. The topological polar surface area (TPSA) is 63.4 Å². The predicted molar refractivity (Wildman–Crippen MR) is 74.8 cm³/mol. The fourth-order valence-corrected chi connectivity index (χ4v) is 3.22. The molecule has 0 spiro atoms. The van der Waals surface area contributed by atoms with Gasteiger partial charge >= 0.3 is 0 Å². The number of benzene rings is 1. The van der Waals surface area contributed by atoms with Crippen LogP contribution in [0, 0.1) is 6.92 Å². The van der Waals surface area contributed by atoms with Gasteiger partial charge < -0.3 is 5.73 Å². The summed E-state index contributed by atoms with van der Waals surface area (Å²) in [5, 5.41) is 0. The summed E-state index contributed by atoms with van der Waals surface area (Å²) in [6.45, 7) is 9.92. The second-order valence-corrected chi connectivity index (χ2v) is 6.34. The number of anilines is 1. The van der Waals surface area contributed by atoms with Crippen molar-refractivity contribution < 1.29 is 8.42 Å². The van der Waals surface area contributed by atoms with Crippen molar-refractivity contribution in [2.75, 3.05) is 18.8 Å². The average Bonchev–Trinajstić information content (AvgIpc) is 2.28. The van der Waals surface area contributed by atoms with Crippen LogP contribution < -0.4 is 5.73 Å². The molecule has 0 heterocycles. The van der Waals surface area contributed by atoms with Gasteiger partial charge in [-0.25, -0.2) is 8.42 Å². The van der Waals surface area contributed by atoms with E-state index in [4.69, 9.17) is 5.73 Å². The zero-order valence-corrected chi connectivity index (χ0v) is 11.9. The van der Waals surface area contributed by atoms with Gasteiger partial charge in [-0.2, -0.15) is 4.31 Å². The minimum Gasteiger partial charge on any atom is -0.399 e.